The van der Waals surface area contributed by atoms with E-state index < -0.39 is 11.6 Å². The molecule has 1 saturated carbocycles. The van der Waals surface area contributed by atoms with E-state index in [9.17, 15) is 8.78 Å². The van der Waals surface area contributed by atoms with Crippen LogP contribution in [0.2, 0.25) is 0 Å². The van der Waals surface area contributed by atoms with Gasteiger partial charge in [-0.3, -0.25) is 0 Å². The second-order valence-corrected chi connectivity index (χ2v) is 8.02. The number of halogens is 2. The molecule has 1 fully saturated rings. The largest absolute Gasteiger partial charge is 0.206 e. The summed E-state index contributed by atoms with van der Waals surface area (Å²) in [5, 5.41) is 0. The van der Waals surface area contributed by atoms with Crippen molar-refractivity contribution < 1.29 is 8.78 Å². The topological polar surface area (TPSA) is 0 Å². The molecule has 0 N–H and O–H groups in total. The molecular weight excluding hydrogens is 362 g/mol. The van der Waals surface area contributed by atoms with Crippen molar-refractivity contribution in [2.24, 2.45) is 5.92 Å². The second kappa shape index (κ2) is 9.88. The number of hydrogen-bond donors (Lipinski definition) is 0. The third-order valence-corrected chi connectivity index (χ3v) is 6.20. The van der Waals surface area contributed by atoms with E-state index in [0.29, 0.717) is 11.5 Å². The Morgan fingerprint density at radius 1 is 1.03 bits per heavy atom. The van der Waals surface area contributed by atoms with Gasteiger partial charge in [0.05, 0.1) is 5.56 Å². The summed E-state index contributed by atoms with van der Waals surface area (Å²) in [5.41, 5.74) is 3.28. The highest BCUT2D eigenvalue weighted by Crippen LogP contribution is 2.35. The predicted molar refractivity (Wildman–Crippen MR) is 117 cm³/mol. The Kier molecular flexibility index (Phi) is 7.26. The van der Waals surface area contributed by atoms with Gasteiger partial charge in [-0.2, -0.15) is 0 Å². The van der Waals surface area contributed by atoms with Gasteiger partial charge in [0.2, 0.25) is 0 Å². The van der Waals surface area contributed by atoms with Gasteiger partial charge in [0.25, 0.3) is 0 Å². The molecule has 3 rings (SSSR count). The summed E-state index contributed by atoms with van der Waals surface area (Å²) in [6.45, 7) is 7.89. The van der Waals surface area contributed by atoms with Crippen LogP contribution in [0.1, 0.15) is 80.0 Å². The van der Waals surface area contributed by atoms with E-state index >= 15 is 0 Å². The van der Waals surface area contributed by atoms with E-state index in [-0.39, 0.29) is 17.4 Å². The number of hydrogen-bond acceptors (Lipinski definition) is 0. The molecule has 1 aliphatic rings. The van der Waals surface area contributed by atoms with Crippen LogP contribution in [-0.4, -0.2) is 0 Å². The van der Waals surface area contributed by atoms with Crippen LogP contribution in [0.15, 0.2) is 49.1 Å². The molecule has 0 heterocycles. The minimum absolute atomic E-state index is 0.0392. The van der Waals surface area contributed by atoms with Crippen molar-refractivity contribution in [1.29, 1.82) is 0 Å². The van der Waals surface area contributed by atoms with Crippen molar-refractivity contribution in [3.63, 3.8) is 0 Å². The zero-order valence-corrected chi connectivity index (χ0v) is 17.5. The first-order valence-electron chi connectivity index (χ1n) is 10.8. The molecule has 0 saturated heterocycles. The molecule has 29 heavy (non-hydrogen) atoms. The van der Waals surface area contributed by atoms with Crippen molar-refractivity contribution in [2.45, 2.75) is 64.2 Å². The van der Waals surface area contributed by atoms with Gasteiger partial charge in [0, 0.05) is 11.8 Å². The maximum absolute atomic E-state index is 14.5. The Morgan fingerprint density at radius 3 is 2.17 bits per heavy atom. The summed E-state index contributed by atoms with van der Waals surface area (Å²) in [7, 11) is 0. The van der Waals surface area contributed by atoms with Crippen LogP contribution in [-0.2, 0) is 6.42 Å². The lowest BCUT2D eigenvalue weighted by Crippen LogP contribution is -2.12. The highest BCUT2D eigenvalue weighted by atomic mass is 19.1. The van der Waals surface area contributed by atoms with E-state index in [0.717, 1.165) is 38.5 Å². The van der Waals surface area contributed by atoms with E-state index in [1.807, 2.05) is 6.92 Å². The average molecular weight is 393 g/mol. The maximum Gasteiger partial charge on any atom is 0.142 e. The van der Waals surface area contributed by atoms with Gasteiger partial charge >= 0.3 is 0 Å². The lowest BCUT2D eigenvalue weighted by Gasteiger charge is -2.26. The Bertz CT molecular complexity index is 867. The summed E-state index contributed by atoms with van der Waals surface area (Å²) in [4.78, 5) is 0. The Labute approximate surface area is 174 Å². The molecule has 0 amide bonds. The zero-order valence-electron chi connectivity index (χ0n) is 17.5. The molecule has 2 aromatic rings. The Hall–Kier alpha value is -2.40. The van der Waals surface area contributed by atoms with Crippen LogP contribution in [0.5, 0.6) is 0 Å². The molecule has 0 nitrogen and oxygen atoms in total. The highest BCUT2D eigenvalue weighted by molar-refractivity contribution is 5.41. The first-order valence-corrected chi connectivity index (χ1v) is 10.8. The third-order valence-electron chi connectivity index (χ3n) is 6.20. The fraction of sp³-hybridized carbons (Fsp3) is 0.407. The fourth-order valence-corrected chi connectivity index (χ4v) is 4.24. The molecule has 0 aromatic heterocycles. The smallest absolute Gasteiger partial charge is 0.142 e. The Balaban J connectivity index is 1.66. The molecule has 1 unspecified atom stereocenters. The molecule has 0 spiro atoms. The van der Waals surface area contributed by atoms with E-state index in [1.165, 1.54) is 23.3 Å². The van der Waals surface area contributed by atoms with Crippen molar-refractivity contribution >= 4 is 0 Å². The molecule has 1 atom stereocenters. The number of allylic oxidation sites excluding steroid dienone is 1. The molecule has 0 radical (unpaired) electrons. The molecule has 1 aliphatic carbocycles. The monoisotopic (exact) mass is 392 g/mol. The minimum atomic E-state index is -0.572. The standard InChI is InChI=1S/C27H30F2/c1-4-19-7-12-22(13-8-19)23-14-9-20(10-15-23)11-16-25-26(28)17-24(18-27(25)29)21(5-2)6-3/h5,7-8,12-13,17-18,20-21,23H,2,4,6,9-10,14-15H2,1,3H3. The first kappa shape index (κ1) is 21.3. The SMILES string of the molecule is C=CC(CC)c1cc(F)c(C#CC2CCC(c3ccc(CC)cc3)CC2)c(F)c1. The van der Waals surface area contributed by atoms with Gasteiger partial charge in [-0.15, -0.1) is 6.58 Å². The van der Waals surface area contributed by atoms with Crippen LogP contribution < -0.4 is 0 Å². The van der Waals surface area contributed by atoms with Crippen LogP contribution in [0.25, 0.3) is 0 Å². The van der Waals surface area contributed by atoms with Gasteiger partial charge in [-0.05, 0) is 73.3 Å². The van der Waals surface area contributed by atoms with Crippen LogP contribution >= 0.6 is 0 Å². The van der Waals surface area contributed by atoms with Crippen LogP contribution in [0, 0.1) is 29.4 Å². The van der Waals surface area contributed by atoms with Gasteiger partial charge in [-0.25, -0.2) is 8.78 Å². The maximum atomic E-state index is 14.5. The van der Waals surface area contributed by atoms with E-state index in [4.69, 9.17) is 0 Å². The lowest BCUT2D eigenvalue weighted by atomic mass is 9.79. The highest BCUT2D eigenvalue weighted by Gasteiger charge is 2.21. The fourth-order valence-electron chi connectivity index (χ4n) is 4.24. The second-order valence-electron chi connectivity index (χ2n) is 8.02. The first-order chi connectivity index (χ1) is 14.0. The third kappa shape index (κ3) is 5.15. The minimum Gasteiger partial charge on any atom is -0.206 e. The number of rotatable bonds is 5. The normalized spacial score (nSPS) is 19.9. The van der Waals surface area contributed by atoms with Gasteiger partial charge in [-0.1, -0.05) is 56.0 Å². The van der Waals surface area contributed by atoms with Gasteiger partial charge < -0.3 is 0 Å². The van der Waals surface area contributed by atoms with Crippen molar-refractivity contribution in [2.75, 3.05) is 0 Å². The van der Waals surface area contributed by atoms with Gasteiger partial charge in [0.15, 0.2) is 0 Å². The quantitative estimate of drug-likeness (QED) is 0.364. The van der Waals surface area contributed by atoms with E-state index in [1.54, 1.807) is 6.08 Å². The van der Waals surface area contributed by atoms with Gasteiger partial charge in [0.1, 0.15) is 11.6 Å². The van der Waals surface area contributed by atoms with Crippen LogP contribution in [0.4, 0.5) is 8.78 Å². The lowest BCUT2D eigenvalue weighted by molar-refractivity contribution is 0.384. The summed E-state index contributed by atoms with van der Waals surface area (Å²) < 4.78 is 28.9. The molecule has 152 valence electrons. The molecule has 2 heteroatoms. The van der Waals surface area contributed by atoms with Crippen LogP contribution in [0.3, 0.4) is 0 Å². The summed E-state index contributed by atoms with van der Waals surface area (Å²) in [6, 6.07) is 11.7. The summed E-state index contributed by atoms with van der Waals surface area (Å²) in [6.07, 6.45) is 7.65. The summed E-state index contributed by atoms with van der Waals surface area (Å²) >= 11 is 0. The molecule has 0 aliphatic heterocycles. The molecule has 0 bridgehead atoms. The zero-order chi connectivity index (χ0) is 20.8. The van der Waals surface area contributed by atoms with Crippen molar-refractivity contribution in [3.05, 3.63) is 82.9 Å². The molecular formula is C27H30F2. The number of benzene rings is 2. The van der Waals surface area contributed by atoms with Crippen molar-refractivity contribution in [1.82, 2.24) is 0 Å². The molecule has 2 aromatic carbocycles. The Morgan fingerprint density at radius 2 is 1.66 bits per heavy atom. The summed E-state index contributed by atoms with van der Waals surface area (Å²) in [5.74, 6) is 5.52. The average Bonchev–Trinajstić information content (AvgIpc) is 2.74. The predicted octanol–water partition coefficient (Wildman–Crippen LogP) is 7.53. The van der Waals surface area contributed by atoms with E-state index in [2.05, 4.69) is 49.6 Å². The number of aryl methyl sites for hydroxylation is 1. The van der Waals surface area contributed by atoms with Crippen molar-refractivity contribution in [3.8, 4) is 11.8 Å².